The first-order valence-corrected chi connectivity index (χ1v) is 12.3. The second kappa shape index (κ2) is 15.4. The van der Waals surface area contributed by atoms with Gasteiger partial charge in [-0.05, 0) is 67.6 Å². The van der Waals surface area contributed by atoms with Crippen molar-refractivity contribution < 1.29 is 29.0 Å². The van der Waals surface area contributed by atoms with Gasteiger partial charge in [0.25, 0.3) is 5.91 Å². The van der Waals surface area contributed by atoms with E-state index < -0.39 is 17.9 Å². The van der Waals surface area contributed by atoms with Crippen molar-refractivity contribution in [2.75, 3.05) is 20.5 Å². The minimum absolute atomic E-state index is 0.0583. The van der Waals surface area contributed by atoms with Gasteiger partial charge in [0.15, 0.2) is 0 Å². The minimum Gasteiger partial charge on any atom is -0.457 e. The third-order valence-corrected chi connectivity index (χ3v) is 5.86. The molecule has 2 amide bonds. The van der Waals surface area contributed by atoms with Crippen molar-refractivity contribution in [1.29, 1.82) is 0 Å². The van der Waals surface area contributed by atoms with E-state index in [9.17, 15) is 14.8 Å². The second-order valence-corrected chi connectivity index (χ2v) is 8.67. The lowest BCUT2D eigenvalue weighted by molar-refractivity contribution is -0.134. The summed E-state index contributed by atoms with van der Waals surface area (Å²) in [7, 11) is 1.51. The second-order valence-electron chi connectivity index (χ2n) is 8.67. The van der Waals surface area contributed by atoms with Crippen LogP contribution in [-0.2, 0) is 20.7 Å². The van der Waals surface area contributed by atoms with Crippen molar-refractivity contribution in [3.8, 4) is 11.5 Å². The largest absolute Gasteiger partial charge is 0.457 e. The van der Waals surface area contributed by atoms with Crippen LogP contribution < -0.4 is 15.5 Å². The maximum absolute atomic E-state index is 13.0. The summed E-state index contributed by atoms with van der Waals surface area (Å²) in [6, 6.07) is 25.7. The molecule has 0 aliphatic heterocycles. The molecule has 8 heteroatoms. The van der Waals surface area contributed by atoms with Crippen LogP contribution in [0.25, 0.3) is 0 Å². The third kappa shape index (κ3) is 9.69. The van der Waals surface area contributed by atoms with E-state index in [0.29, 0.717) is 29.9 Å². The van der Waals surface area contributed by atoms with Crippen LogP contribution in [0.1, 0.15) is 35.2 Å². The first-order chi connectivity index (χ1) is 18.1. The third-order valence-electron chi connectivity index (χ3n) is 5.86. The van der Waals surface area contributed by atoms with Crippen molar-refractivity contribution in [3.05, 3.63) is 96.1 Å². The monoisotopic (exact) mass is 506 g/mol. The van der Waals surface area contributed by atoms with Crippen LogP contribution in [0.3, 0.4) is 0 Å². The summed E-state index contributed by atoms with van der Waals surface area (Å²) in [5.41, 5.74) is 3.39. The number of rotatable bonds is 15. The molecule has 8 nitrogen and oxygen atoms in total. The molecule has 0 saturated heterocycles. The molecular weight excluding hydrogens is 472 g/mol. The van der Waals surface area contributed by atoms with Crippen molar-refractivity contribution in [2.24, 2.45) is 5.92 Å². The number of nitrogens with one attached hydrogen (secondary N) is 2. The number of hydrogen-bond donors (Lipinski definition) is 3. The molecule has 0 heterocycles. The van der Waals surface area contributed by atoms with Crippen LogP contribution >= 0.6 is 0 Å². The molecule has 3 N–H and O–H groups in total. The number of para-hydroxylation sites is 1. The molecule has 0 aromatic heterocycles. The standard InChI is InChI=1S/C29H34N2O6/c1-35-21-36-20-25(19-24(29(33)31-34)12-8-11-22-9-4-2-5-10-22)30-28(32)23-15-17-27(18-16-23)37-26-13-6-3-7-14-26/h2-7,9-10,13-18,24-25,34H,8,11-12,19-21H2,1H3,(H,30,32)(H,31,33)/t24-,25-/m0/s1. The highest BCUT2D eigenvalue weighted by atomic mass is 16.7. The zero-order valence-electron chi connectivity index (χ0n) is 21.0. The Morgan fingerprint density at radius 3 is 2.19 bits per heavy atom. The molecule has 0 unspecified atom stereocenters. The number of ether oxygens (including phenoxy) is 3. The molecular formula is C29H34N2O6. The highest BCUT2D eigenvalue weighted by molar-refractivity contribution is 5.94. The SMILES string of the molecule is COCOC[C@H](C[C@H](CCCc1ccccc1)C(=O)NO)NC(=O)c1ccc(Oc2ccccc2)cc1. The zero-order valence-corrected chi connectivity index (χ0v) is 21.0. The number of benzene rings is 3. The maximum atomic E-state index is 13.0. The topological polar surface area (TPSA) is 106 Å². The molecule has 2 atom stereocenters. The van der Waals surface area contributed by atoms with Gasteiger partial charge in [-0.1, -0.05) is 48.5 Å². The van der Waals surface area contributed by atoms with Crippen molar-refractivity contribution in [3.63, 3.8) is 0 Å². The minimum atomic E-state index is -0.508. The van der Waals surface area contributed by atoms with Gasteiger partial charge in [-0.2, -0.15) is 0 Å². The summed E-state index contributed by atoms with van der Waals surface area (Å²) < 4.78 is 16.3. The van der Waals surface area contributed by atoms with Gasteiger partial charge in [-0.15, -0.1) is 0 Å². The number of hydroxylamine groups is 1. The summed E-state index contributed by atoms with van der Waals surface area (Å²) in [6.07, 6.45) is 2.41. The average molecular weight is 507 g/mol. The fourth-order valence-electron chi connectivity index (χ4n) is 4.00. The van der Waals surface area contributed by atoms with Crippen LogP contribution in [0, 0.1) is 5.92 Å². The smallest absolute Gasteiger partial charge is 0.251 e. The van der Waals surface area contributed by atoms with Crippen molar-refractivity contribution in [2.45, 2.75) is 31.7 Å². The fraction of sp³-hybridized carbons (Fsp3) is 0.310. The number of carbonyl (C=O) groups is 2. The lowest BCUT2D eigenvalue weighted by atomic mass is 9.92. The van der Waals surface area contributed by atoms with Gasteiger partial charge in [0, 0.05) is 18.6 Å². The van der Waals surface area contributed by atoms with Gasteiger partial charge in [0.2, 0.25) is 5.91 Å². The van der Waals surface area contributed by atoms with E-state index in [1.54, 1.807) is 29.7 Å². The molecule has 196 valence electrons. The van der Waals surface area contributed by atoms with Crippen LogP contribution in [0.15, 0.2) is 84.9 Å². The Bertz CT molecular complexity index is 1080. The van der Waals surface area contributed by atoms with E-state index in [4.69, 9.17) is 14.2 Å². The molecule has 3 aromatic rings. The Morgan fingerprint density at radius 1 is 0.892 bits per heavy atom. The van der Waals surface area contributed by atoms with E-state index in [1.807, 2.05) is 60.7 Å². The van der Waals surface area contributed by atoms with Gasteiger partial charge in [-0.3, -0.25) is 14.8 Å². The number of aryl methyl sites for hydroxylation is 1. The van der Waals surface area contributed by atoms with Crippen molar-refractivity contribution in [1.82, 2.24) is 10.8 Å². The van der Waals surface area contributed by atoms with Crippen molar-refractivity contribution >= 4 is 11.8 Å². The maximum Gasteiger partial charge on any atom is 0.251 e. The predicted octanol–water partition coefficient (Wildman–Crippen LogP) is 4.73. The van der Waals surface area contributed by atoms with E-state index in [2.05, 4.69) is 5.32 Å². The van der Waals surface area contributed by atoms with E-state index >= 15 is 0 Å². The number of amides is 2. The lowest BCUT2D eigenvalue weighted by Crippen LogP contribution is -2.42. The summed E-state index contributed by atoms with van der Waals surface area (Å²) in [4.78, 5) is 25.4. The molecule has 37 heavy (non-hydrogen) atoms. The Balaban J connectivity index is 1.61. The highest BCUT2D eigenvalue weighted by Crippen LogP contribution is 2.22. The molecule has 3 aromatic carbocycles. The van der Waals surface area contributed by atoms with Crippen LogP contribution in [-0.4, -0.2) is 43.6 Å². The number of carbonyl (C=O) groups excluding carboxylic acids is 2. The Labute approximate surface area is 217 Å². The summed E-state index contributed by atoms with van der Waals surface area (Å²) >= 11 is 0. The van der Waals surface area contributed by atoms with Gasteiger partial charge < -0.3 is 19.5 Å². The summed E-state index contributed by atoms with van der Waals surface area (Å²) in [5, 5.41) is 12.2. The van der Waals surface area contributed by atoms with E-state index in [1.165, 1.54) is 12.7 Å². The summed E-state index contributed by atoms with van der Waals surface area (Å²) in [5.74, 6) is 0.0225. The van der Waals surface area contributed by atoms with Crippen LogP contribution in [0.5, 0.6) is 11.5 Å². The van der Waals surface area contributed by atoms with Gasteiger partial charge in [0.05, 0.1) is 12.6 Å². The molecule has 3 rings (SSSR count). The fourth-order valence-corrected chi connectivity index (χ4v) is 4.00. The number of hydrogen-bond acceptors (Lipinski definition) is 6. The molecule has 0 radical (unpaired) electrons. The van der Waals surface area contributed by atoms with Crippen LogP contribution in [0.4, 0.5) is 0 Å². The predicted molar refractivity (Wildman–Crippen MR) is 139 cm³/mol. The Morgan fingerprint density at radius 2 is 1.54 bits per heavy atom. The molecule has 0 fully saturated rings. The molecule has 0 spiro atoms. The quantitative estimate of drug-likeness (QED) is 0.119. The number of methoxy groups -OCH3 is 1. The van der Waals surface area contributed by atoms with Gasteiger partial charge in [-0.25, -0.2) is 5.48 Å². The highest BCUT2D eigenvalue weighted by Gasteiger charge is 2.24. The average Bonchev–Trinajstić information content (AvgIpc) is 2.93. The van der Waals surface area contributed by atoms with Crippen LogP contribution in [0.2, 0.25) is 0 Å². The van der Waals surface area contributed by atoms with E-state index in [0.717, 1.165) is 12.8 Å². The molecule has 0 bridgehead atoms. The molecule has 0 aliphatic rings. The van der Waals surface area contributed by atoms with Gasteiger partial charge in [0.1, 0.15) is 18.3 Å². The normalized spacial score (nSPS) is 12.4. The first kappa shape index (κ1) is 27.9. The Kier molecular flexibility index (Phi) is 11.6. The van der Waals surface area contributed by atoms with E-state index in [-0.39, 0.29) is 19.3 Å². The first-order valence-electron chi connectivity index (χ1n) is 12.3. The lowest BCUT2D eigenvalue weighted by Gasteiger charge is -2.23. The zero-order chi connectivity index (χ0) is 26.3. The summed E-state index contributed by atoms with van der Waals surface area (Å²) in [6.45, 7) is 0.214. The Hall–Kier alpha value is -3.72. The molecule has 0 saturated carbocycles. The molecule has 0 aliphatic carbocycles. The van der Waals surface area contributed by atoms with Gasteiger partial charge >= 0.3 is 0 Å².